The van der Waals surface area contributed by atoms with Crippen LogP contribution in [0, 0.1) is 0 Å². The predicted octanol–water partition coefficient (Wildman–Crippen LogP) is 3.17. The first-order chi connectivity index (χ1) is 14.2. The van der Waals surface area contributed by atoms with E-state index in [1.54, 1.807) is 12.0 Å². The van der Waals surface area contributed by atoms with Gasteiger partial charge in [-0.1, -0.05) is 36.4 Å². The van der Waals surface area contributed by atoms with Crippen molar-refractivity contribution < 1.29 is 9.53 Å². The molecule has 0 aliphatic carbocycles. The van der Waals surface area contributed by atoms with Crippen LogP contribution >= 0.6 is 0 Å². The highest BCUT2D eigenvalue weighted by Crippen LogP contribution is 2.26. The highest BCUT2D eigenvalue weighted by atomic mass is 16.5. The number of nitrogens with one attached hydrogen (secondary N) is 1. The first-order valence-corrected chi connectivity index (χ1v) is 9.55. The number of carbonyl (C=O) groups is 1. The van der Waals surface area contributed by atoms with Crippen LogP contribution in [-0.2, 0) is 4.79 Å². The lowest BCUT2D eigenvalue weighted by Gasteiger charge is -2.32. The molecule has 1 N–H and O–H groups in total. The maximum Gasteiger partial charge on any atom is 0.228 e. The number of ether oxygens (including phenoxy) is 1. The smallest absolute Gasteiger partial charge is 0.228 e. The van der Waals surface area contributed by atoms with Gasteiger partial charge in [0.1, 0.15) is 11.6 Å². The maximum absolute atomic E-state index is 11.0. The molecule has 7 heteroatoms. The lowest BCUT2D eigenvalue weighted by Crippen LogP contribution is -2.46. The van der Waals surface area contributed by atoms with Gasteiger partial charge in [-0.05, 0) is 12.1 Å². The molecule has 1 amide bonds. The van der Waals surface area contributed by atoms with Crippen molar-refractivity contribution in [1.29, 1.82) is 0 Å². The Labute approximate surface area is 170 Å². The van der Waals surface area contributed by atoms with Crippen LogP contribution in [0.15, 0.2) is 60.7 Å². The Morgan fingerprint density at radius 2 is 1.76 bits per heavy atom. The molecule has 1 aliphatic rings. The molecule has 4 rings (SSSR count). The van der Waals surface area contributed by atoms with E-state index in [2.05, 4.69) is 10.2 Å². The van der Waals surface area contributed by atoms with E-state index in [4.69, 9.17) is 14.7 Å². The minimum absolute atomic E-state index is 0.655. The van der Waals surface area contributed by atoms with Crippen LogP contribution < -0.4 is 15.0 Å². The van der Waals surface area contributed by atoms with Gasteiger partial charge in [-0.25, -0.2) is 4.98 Å². The van der Waals surface area contributed by atoms with E-state index in [0.29, 0.717) is 37.9 Å². The minimum atomic E-state index is 0.655. The zero-order valence-electron chi connectivity index (χ0n) is 16.3. The van der Waals surface area contributed by atoms with Gasteiger partial charge in [-0.15, -0.1) is 0 Å². The van der Waals surface area contributed by atoms with Gasteiger partial charge in [0, 0.05) is 49.6 Å². The number of amides is 1. The molecule has 2 aromatic carbocycles. The van der Waals surface area contributed by atoms with E-state index in [-0.39, 0.29) is 0 Å². The molecular weight excluding hydrogens is 366 g/mol. The first kappa shape index (κ1) is 18.7. The third-order valence-electron chi connectivity index (χ3n) is 4.87. The van der Waals surface area contributed by atoms with E-state index >= 15 is 0 Å². The van der Waals surface area contributed by atoms with Crippen molar-refractivity contribution in [2.75, 3.05) is 43.5 Å². The molecule has 0 saturated carbocycles. The molecular formula is C22H23N5O2. The number of hydrogen-bond acceptors (Lipinski definition) is 6. The number of piperazine rings is 1. The molecule has 3 aromatic rings. The van der Waals surface area contributed by atoms with Gasteiger partial charge in [0.05, 0.1) is 12.8 Å². The molecule has 1 aliphatic heterocycles. The summed E-state index contributed by atoms with van der Waals surface area (Å²) in [5, 5.41) is 3.36. The number of methoxy groups -OCH3 is 1. The monoisotopic (exact) mass is 389 g/mol. The second-order valence-corrected chi connectivity index (χ2v) is 6.79. The summed E-state index contributed by atoms with van der Waals surface area (Å²) >= 11 is 0. The summed E-state index contributed by atoms with van der Waals surface area (Å²) in [4.78, 5) is 24.4. The van der Waals surface area contributed by atoms with Gasteiger partial charge in [-0.2, -0.15) is 4.98 Å². The van der Waals surface area contributed by atoms with E-state index in [1.165, 1.54) is 0 Å². The van der Waals surface area contributed by atoms with Crippen molar-refractivity contribution in [2.45, 2.75) is 0 Å². The zero-order chi connectivity index (χ0) is 20.1. The van der Waals surface area contributed by atoms with Crippen molar-refractivity contribution in [3.8, 4) is 17.0 Å². The summed E-state index contributed by atoms with van der Waals surface area (Å²) in [6, 6.07) is 19.7. The van der Waals surface area contributed by atoms with Gasteiger partial charge in [0.2, 0.25) is 12.4 Å². The fraction of sp³-hybridized carbons (Fsp3) is 0.227. The number of carbonyl (C=O) groups excluding carboxylic acids is 1. The summed E-state index contributed by atoms with van der Waals surface area (Å²) in [6.07, 6.45) is 0.897. The maximum atomic E-state index is 11.0. The molecule has 29 heavy (non-hydrogen) atoms. The fourth-order valence-electron chi connectivity index (χ4n) is 3.27. The van der Waals surface area contributed by atoms with Crippen LogP contribution in [0.4, 0.5) is 17.5 Å². The molecule has 7 nitrogen and oxygen atoms in total. The Hall–Kier alpha value is -3.61. The molecule has 0 bridgehead atoms. The number of nitrogens with zero attached hydrogens (tertiary/aromatic N) is 4. The van der Waals surface area contributed by atoms with Crippen LogP contribution in [0.25, 0.3) is 11.3 Å². The van der Waals surface area contributed by atoms with E-state index in [1.807, 2.05) is 60.7 Å². The number of benzene rings is 2. The highest BCUT2D eigenvalue weighted by molar-refractivity contribution is 5.68. The summed E-state index contributed by atoms with van der Waals surface area (Å²) in [6.45, 7) is 2.74. The van der Waals surface area contributed by atoms with Crippen molar-refractivity contribution in [3.05, 3.63) is 60.7 Å². The SMILES string of the molecule is COc1cccc(Nc2cc(-c3ccccc3)nc(N3CCN(C=O)CC3)n2)c1. The van der Waals surface area contributed by atoms with Gasteiger partial charge in [0.25, 0.3) is 0 Å². The third-order valence-corrected chi connectivity index (χ3v) is 4.87. The second-order valence-electron chi connectivity index (χ2n) is 6.79. The normalized spacial score (nSPS) is 13.8. The van der Waals surface area contributed by atoms with Crippen LogP contribution in [0.3, 0.4) is 0 Å². The van der Waals surface area contributed by atoms with Gasteiger partial charge < -0.3 is 19.9 Å². The first-order valence-electron chi connectivity index (χ1n) is 9.55. The summed E-state index contributed by atoms with van der Waals surface area (Å²) in [7, 11) is 1.65. The Balaban J connectivity index is 1.67. The third kappa shape index (κ3) is 4.45. The Bertz CT molecular complexity index is 972. The number of anilines is 3. The molecule has 1 saturated heterocycles. The summed E-state index contributed by atoms with van der Waals surface area (Å²) in [5.74, 6) is 2.14. The second kappa shape index (κ2) is 8.60. The largest absolute Gasteiger partial charge is 0.497 e. The predicted molar refractivity (Wildman–Crippen MR) is 114 cm³/mol. The molecule has 148 valence electrons. The lowest BCUT2D eigenvalue weighted by atomic mass is 10.1. The molecule has 0 atom stereocenters. The van der Waals surface area contributed by atoms with E-state index in [9.17, 15) is 4.79 Å². The van der Waals surface area contributed by atoms with E-state index in [0.717, 1.165) is 29.1 Å². The zero-order valence-corrected chi connectivity index (χ0v) is 16.3. The van der Waals surface area contributed by atoms with E-state index < -0.39 is 0 Å². The standard InChI is InChI=1S/C22H23N5O2/c1-29-19-9-5-8-18(14-19)23-21-15-20(17-6-3-2-4-7-17)24-22(25-21)27-12-10-26(16-28)11-13-27/h2-9,14-16H,10-13H2,1H3,(H,23,24,25). The summed E-state index contributed by atoms with van der Waals surface area (Å²) < 4.78 is 5.31. The lowest BCUT2D eigenvalue weighted by molar-refractivity contribution is -0.118. The van der Waals surface area contributed by atoms with Crippen molar-refractivity contribution >= 4 is 23.9 Å². The molecule has 0 spiro atoms. The molecule has 1 fully saturated rings. The minimum Gasteiger partial charge on any atom is -0.497 e. The Morgan fingerprint density at radius 3 is 2.48 bits per heavy atom. The molecule has 0 unspecified atom stereocenters. The molecule has 0 radical (unpaired) electrons. The molecule has 2 heterocycles. The van der Waals surface area contributed by atoms with Crippen LogP contribution in [0.2, 0.25) is 0 Å². The summed E-state index contributed by atoms with van der Waals surface area (Å²) in [5.41, 5.74) is 2.76. The number of aromatic nitrogens is 2. The average molecular weight is 389 g/mol. The number of rotatable bonds is 6. The fourth-order valence-corrected chi connectivity index (χ4v) is 3.27. The van der Waals surface area contributed by atoms with Crippen molar-refractivity contribution in [2.24, 2.45) is 0 Å². The molecule has 1 aromatic heterocycles. The van der Waals surface area contributed by atoms with Crippen LogP contribution in [0.1, 0.15) is 0 Å². The Kier molecular flexibility index (Phi) is 5.56. The Morgan fingerprint density at radius 1 is 0.966 bits per heavy atom. The van der Waals surface area contributed by atoms with Crippen LogP contribution in [0.5, 0.6) is 5.75 Å². The number of hydrogen-bond donors (Lipinski definition) is 1. The quantitative estimate of drug-likeness (QED) is 0.653. The topological polar surface area (TPSA) is 70.6 Å². The van der Waals surface area contributed by atoms with Crippen molar-refractivity contribution in [3.63, 3.8) is 0 Å². The van der Waals surface area contributed by atoms with Gasteiger partial charge in [-0.3, -0.25) is 4.79 Å². The van der Waals surface area contributed by atoms with Gasteiger partial charge >= 0.3 is 0 Å². The van der Waals surface area contributed by atoms with Crippen LogP contribution in [-0.4, -0.2) is 54.6 Å². The van der Waals surface area contributed by atoms with Crippen molar-refractivity contribution in [1.82, 2.24) is 14.9 Å². The average Bonchev–Trinajstić information content (AvgIpc) is 2.79. The highest BCUT2D eigenvalue weighted by Gasteiger charge is 2.19. The van der Waals surface area contributed by atoms with Gasteiger partial charge in [0.15, 0.2) is 0 Å².